The van der Waals surface area contributed by atoms with Crippen LogP contribution in [0.25, 0.3) is 0 Å². The van der Waals surface area contributed by atoms with E-state index < -0.39 is 11.6 Å². The summed E-state index contributed by atoms with van der Waals surface area (Å²) in [5.74, 6) is -1.98. The highest BCUT2D eigenvalue weighted by atomic mass is 19.2. The fourth-order valence-corrected chi connectivity index (χ4v) is 4.13. The van der Waals surface area contributed by atoms with Gasteiger partial charge in [0.1, 0.15) is 0 Å². The topological polar surface area (TPSA) is 49.9 Å². The molecule has 2 heterocycles. The largest absolute Gasteiger partial charge is 0.381 e. The summed E-state index contributed by atoms with van der Waals surface area (Å²) in [5, 5.41) is 0. The Morgan fingerprint density at radius 1 is 1.00 bits per heavy atom. The first kappa shape index (κ1) is 18.3. The van der Waals surface area contributed by atoms with Crippen molar-refractivity contribution in [2.75, 3.05) is 26.3 Å². The lowest BCUT2D eigenvalue weighted by Gasteiger charge is -2.38. The molecule has 3 fully saturated rings. The van der Waals surface area contributed by atoms with E-state index in [1.807, 2.05) is 4.90 Å². The summed E-state index contributed by atoms with van der Waals surface area (Å²) in [4.78, 5) is 29.3. The SMILES string of the molecule is O=C(c1ccc(F)c(F)c1)N1CCC(N(C(=O)C2CC2)C2CCOCC2)C1. The van der Waals surface area contributed by atoms with Crippen molar-refractivity contribution in [2.45, 2.75) is 44.2 Å². The number of halogens is 2. The Morgan fingerprint density at radius 3 is 2.41 bits per heavy atom. The number of carbonyl (C=O) groups excluding carboxylic acids is 2. The predicted molar refractivity (Wildman–Crippen MR) is 94.1 cm³/mol. The zero-order chi connectivity index (χ0) is 19.0. The van der Waals surface area contributed by atoms with Crippen LogP contribution in [0.15, 0.2) is 18.2 Å². The molecule has 1 aliphatic carbocycles. The molecule has 0 spiro atoms. The summed E-state index contributed by atoms with van der Waals surface area (Å²) in [5.41, 5.74) is 0.140. The predicted octanol–water partition coefficient (Wildman–Crippen LogP) is 2.60. The molecule has 0 bridgehead atoms. The van der Waals surface area contributed by atoms with Gasteiger partial charge in [0.05, 0.1) is 6.04 Å². The minimum absolute atomic E-state index is 0.0181. The number of benzene rings is 1. The highest BCUT2D eigenvalue weighted by Gasteiger charge is 2.42. The van der Waals surface area contributed by atoms with E-state index in [9.17, 15) is 18.4 Å². The standard InChI is InChI=1S/C20H24F2N2O3/c21-17-4-3-14(11-18(17)22)19(25)23-8-5-16(12-23)24(20(26)13-1-2-13)15-6-9-27-10-7-15/h3-4,11,13,15-16H,1-2,5-10,12H2. The number of rotatable bonds is 4. The highest BCUT2D eigenvalue weighted by molar-refractivity contribution is 5.94. The minimum atomic E-state index is -1.02. The second kappa shape index (κ2) is 7.54. The van der Waals surface area contributed by atoms with Gasteiger partial charge in [0, 0.05) is 43.8 Å². The molecule has 1 aromatic rings. The van der Waals surface area contributed by atoms with Crippen LogP contribution in [0.2, 0.25) is 0 Å². The molecule has 1 saturated carbocycles. The van der Waals surface area contributed by atoms with Crippen LogP contribution < -0.4 is 0 Å². The molecule has 2 aliphatic heterocycles. The molecule has 1 atom stereocenters. The molecular weight excluding hydrogens is 354 g/mol. The monoisotopic (exact) mass is 378 g/mol. The van der Waals surface area contributed by atoms with Gasteiger partial charge >= 0.3 is 0 Å². The van der Waals surface area contributed by atoms with Crippen molar-refractivity contribution in [2.24, 2.45) is 5.92 Å². The molecule has 27 heavy (non-hydrogen) atoms. The number of nitrogens with zero attached hydrogens (tertiary/aromatic N) is 2. The number of amides is 2. The van der Waals surface area contributed by atoms with Crippen molar-refractivity contribution in [1.82, 2.24) is 9.80 Å². The quantitative estimate of drug-likeness (QED) is 0.809. The Kier molecular flexibility index (Phi) is 5.12. The summed E-state index contributed by atoms with van der Waals surface area (Å²) < 4.78 is 32.0. The number of ether oxygens (including phenoxy) is 1. The first-order chi connectivity index (χ1) is 13.0. The van der Waals surface area contributed by atoms with Gasteiger partial charge in [-0.05, 0) is 50.3 Å². The molecule has 2 saturated heterocycles. The van der Waals surface area contributed by atoms with Gasteiger partial charge in [0.25, 0.3) is 5.91 Å². The molecule has 0 radical (unpaired) electrons. The van der Waals surface area contributed by atoms with Crippen molar-refractivity contribution < 1.29 is 23.1 Å². The van der Waals surface area contributed by atoms with Crippen LogP contribution in [-0.4, -0.2) is 60.0 Å². The summed E-state index contributed by atoms with van der Waals surface area (Å²) >= 11 is 0. The van der Waals surface area contributed by atoms with Crippen LogP contribution in [0.4, 0.5) is 8.78 Å². The number of hydrogen-bond donors (Lipinski definition) is 0. The number of likely N-dealkylation sites (tertiary alicyclic amines) is 1. The highest BCUT2D eigenvalue weighted by Crippen LogP contribution is 2.35. The zero-order valence-electron chi connectivity index (χ0n) is 15.2. The van der Waals surface area contributed by atoms with E-state index in [-0.39, 0.29) is 35.4 Å². The smallest absolute Gasteiger partial charge is 0.254 e. The van der Waals surface area contributed by atoms with Crippen LogP contribution in [0.1, 0.15) is 42.5 Å². The lowest BCUT2D eigenvalue weighted by molar-refractivity contribution is -0.139. The molecule has 146 valence electrons. The van der Waals surface area contributed by atoms with E-state index in [0.717, 1.165) is 37.8 Å². The van der Waals surface area contributed by atoms with Gasteiger partial charge in [0.2, 0.25) is 5.91 Å². The van der Waals surface area contributed by atoms with Gasteiger partial charge < -0.3 is 14.5 Å². The second-order valence-electron chi connectivity index (χ2n) is 7.69. The summed E-state index contributed by atoms with van der Waals surface area (Å²) in [6.45, 7) is 2.26. The molecule has 7 heteroatoms. The third-order valence-corrected chi connectivity index (χ3v) is 5.78. The van der Waals surface area contributed by atoms with Crippen LogP contribution in [-0.2, 0) is 9.53 Å². The Bertz CT molecular complexity index is 732. The van der Waals surface area contributed by atoms with Gasteiger partial charge in [-0.3, -0.25) is 9.59 Å². The van der Waals surface area contributed by atoms with Crippen LogP contribution in [0.5, 0.6) is 0 Å². The van der Waals surface area contributed by atoms with Gasteiger partial charge in [-0.15, -0.1) is 0 Å². The maximum absolute atomic E-state index is 13.5. The van der Waals surface area contributed by atoms with Gasteiger partial charge in [-0.1, -0.05) is 0 Å². The zero-order valence-corrected chi connectivity index (χ0v) is 15.2. The fraction of sp³-hybridized carbons (Fsp3) is 0.600. The van der Waals surface area contributed by atoms with Crippen molar-refractivity contribution >= 4 is 11.8 Å². The third kappa shape index (κ3) is 3.83. The first-order valence-corrected chi connectivity index (χ1v) is 9.69. The average Bonchev–Trinajstić information content (AvgIpc) is 3.43. The van der Waals surface area contributed by atoms with E-state index in [1.165, 1.54) is 6.07 Å². The van der Waals surface area contributed by atoms with Gasteiger partial charge in [-0.25, -0.2) is 8.78 Å². The Balaban J connectivity index is 1.47. The maximum Gasteiger partial charge on any atom is 0.254 e. The Hall–Kier alpha value is -2.02. The lowest BCUT2D eigenvalue weighted by Crippen LogP contribution is -2.51. The van der Waals surface area contributed by atoms with Crippen molar-refractivity contribution in [3.05, 3.63) is 35.4 Å². The molecule has 2 amide bonds. The van der Waals surface area contributed by atoms with E-state index in [2.05, 4.69) is 0 Å². The van der Waals surface area contributed by atoms with Gasteiger partial charge in [0.15, 0.2) is 11.6 Å². The molecule has 0 N–H and O–H groups in total. The van der Waals surface area contributed by atoms with Crippen LogP contribution in [0, 0.1) is 17.6 Å². The van der Waals surface area contributed by atoms with Crippen molar-refractivity contribution in [3.63, 3.8) is 0 Å². The van der Waals surface area contributed by atoms with E-state index in [0.29, 0.717) is 32.7 Å². The molecule has 4 rings (SSSR count). The second-order valence-corrected chi connectivity index (χ2v) is 7.69. The Morgan fingerprint density at radius 2 is 1.74 bits per heavy atom. The average molecular weight is 378 g/mol. The van der Waals surface area contributed by atoms with Crippen molar-refractivity contribution in [3.8, 4) is 0 Å². The van der Waals surface area contributed by atoms with E-state index in [4.69, 9.17) is 4.74 Å². The summed E-state index contributed by atoms with van der Waals surface area (Å²) in [6, 6.07) is 3.36. The number of hydrogen-bond acceptors (Lipinski definition) is 3. The minimum Gasteiger partial charge on any atom is -0.381 e. The molecule has 0 aromatic heterocycles. The molecule has 1 unspecified atom stereocenters. The summed E-state index contributed by atoms with van der Waals surface area (Å²) in [7, 11) is 0. The molecule has 5 nitrogen and oxygen atoms in total. The normalized spacial score (nSPS) is 23.5. The molecule has 3 aliphatic rings. The molecular formula is C20H24F2N2O3. The van der Waals surface area contributed by atoms with E-state index in [1.54, 1.807) is 4.90 Å². The van der Waals surface area contributed by atoms with Crippen LogP contribution in [0.3, 0.4) is 0 Å². The van der Waals surface area contributed by atoms with Crippen molar-refractivity contribution in [1.29, 1.82) is 0 Å². The first-order valence-electron chi connectivity index (χ1n) is 9.69. The maximum atomic E-state index is 13.5. The summed E-state index contributed by atoms with van der Waals surface area (Å²) in [6.07, 6.45) is 4.26. The van der Waals surface area contributed by atoms with E-state index >= 15 is 0 Å². The fourth-order valence-electron chi connectivity index (χ4n) is 4.13. The third-order valence-electron chi connectivity index (χ3n) is 5.78. The molecule has 1 aromatic carbocycles. The van der Waals surface area contributed by atoms with Gasteiger partial charge in [-0.2, -0.15) is 0 Å². The lowest BCUT2D eigenvalue weighted by atomic mass is 10.0. The number of carbonyl (C=O) groups is 2. The van der Waals surface area contributed by atoms with Crippen LogP contribution >= 0.6 is 0 Å². The Labute approximate surface area is 157 Å².